The topological polar surface area (TPSA) is 105 Å². The molecule has 142 valence electrons. The molecule has 2 N–H and O–H groups in total. The Bertz CT molecular complexity index is 909. The molecule has 27 heavy (non-hydrogen) atoms. The van der Waals surface area contributed by atoms with Crippen LogP contribution in [0.25, 0.3) is 0 Å². The summed E-state index contributed by atoms with van der Waals surface area (Å²) >= 11 is 0. The van der Waals surface area contributed by atoms with Crippen molar-refractivity contribution in [3.63, 3.8) is 0 Å². The monoisotopic (exact) mass is 370 g/mol. The Morgan fingerprint density at radius 2 is 1.59 bits per heavy atom. The smallest absolute Gasteiger partial charge is 0.355 e. The number of benzene rings is 1. The summed E-state index contributed by atoms with van der Waals surface area (Å²) < 4.78 is 5.21. The van der Waals surface area contributed by atoms with E-state index >= 15 is 0 Å². The minimum atomic E-state index is -1.05. The first-order valence-corrected chi connectivity index (χ1v) is 8.44. The molecule has 7 nitrogen and oxygen atoms in total. The molecule has 1 aromatic carbocycles. The van der Waals surface area contributed by atoms with Crippen LogP contribution in [0.3, 0.4) is 0 Å². The van der Waals surface area contributed by atoms with Crippen molar-refractivity contribution in [3.8, 4) is 0 Å². The maximum Gasteiger partial charge on any atom is 0.355 e. The maximum absolute atomic E-state index is 12.4. The van der Waals surface area contributed by atoms with Gasteiger partial charge in [-0.1, -0.05) is 0 Å². The fourth-order valence-corrected chi connectivity index (χ4v) is 2.79. The minimum absolute atomic E-state index is 0.0725. The number of Topliss-reactive ketones (excluding diaryl/α,β-unsaturated/α-hetero) is 2. The number of amides is 1. The molecule has 0 spiro atoms. The standard InChI is InChI=1S/C20H22N2O5/c1-10-17(13(4)24)11(2)21-18(10)20(26)27-14(5)19(25)22-16-8-6-15(7-9-16)12(3)23/h6-9,14,21H,1-5H3,(H,22,25)/t14-/m1/s1. The molecular weight excluding hydrogens is 348 g/mol. The van der Waals surface area contributed by atoms with Crippen LogP contribution in [0.4, 0.5) is 5.69 Å². The summed E-state index contributed by atoms with van der Waals surface area (Å²) in [5, 5.41) is 2.62. The van der Waals surface area contributed by atoms with Crippen LogP contribution < -0.4 is 5.32 Å². The van der Waals surface area contributed by atoms with Crippen LogP contribution >= 0.6 is 0 Å². The third-order valence-corrected chi connectivity index (χ3v) is 4.21. The average molecular weight is 370 g/mol. The van der Waals surface area contributed by atoms with Crippen molar-refractivity contribution in [2.24, 2.45) is 0 Å². The number of aryl methyl sites for hydroxylation is 1. The van der Waals surface area contributed by atoms with E-state index in [1.807, 2.05) is 0 Å². The van der Waals surface area contributed by atoms with Gasteiger partial charge in [0.1, 0.15) is 5.69 Å². The van der Waals surface area contributed by atoms with E-state index in [9.17, 15) is 19.2 Å². The zero-order chi connectivity index (χ0) is 20.3. The van der Waals surface area contributed by atoms with Gasteiger partial charge < -0.3 is 15.0 Å². The number of carbonyl (C=O) groups excluding carboxylic acids is 4. The van der Waals surface area contributed by atoms with Crippen LogP contribution in [-0.4, -0.2) is 34.5 Å². The van der Waals surface area contributed by atoms with E-state index in [1.165, 1.54) is 20.8 Å². The molecule has 1 atom stereocenters. The largest absolute Gasteiger partial charge is 0.448 e. The van der Waals surface area contributed by atoms with Gasteiger partial charge >= 0.3 is 5.97 Å². The highest BCUT2D eigenvalue weighted by Crippen LogP contribution is 2.20. The number of anilines is 1. The van der Waals surface area contributed by atoms with Gasteiger partial charge in [0.05, 0.1) is 0 Å². The molecule has 1 aromatic heterocycles. The Kier molecular flexibility index (Phi) is 5.95. The minimum Gasteiger partial charge on any atom is -0.448 e. The molecule has 7 heteroatoms. The molecule has 0 unspecified atom stereocenters. The summed E-state index contributed by atoms with van der Waals surface area (Å²) in [6.45, 7) is 7.68. The van der Waals surface area contributed by atoms with E-state index in [1.54, 1.807) is 38.1 Å². The second kappa shape index (κ2) is 7.99. The molecule has 0 aliphatic carbocycles. The Hall–Kier alpha value is -3.22. The lowest BCUT2D eigenvalue weighted by Gasteiger charge is -2.13. The first kappa shape index (κ1) is 20.1. The quantitative estimate of drug-likeness (QED) is 0.600. The highest BCUT2D eigenvalue weighted by atomic mass is 16.5. The number of H-pyrrole nitrogens is 1. The van der Waals surface area contributed by atoms with Crippen molar-refractivity contribution in [1.29, 1.82) is 0 Å². The fraction of sp³-hybridized carbons (Fsp3) is 0.300. The zero-order valence-corrected chi connectivity index (χ0v) is 15.9. The van der Waals surface area contributed by atoms with Gasteiger partial charge in [-0.2, -0.15) is 0 Å². The van der Waals surface area contributed by atoms with Crippen LogP contribution in [0.15, 0.2) is 24.3 Å². The number of ether oxygens (including phenoxy) is 1. The zero-order valence-electron chi connectivity index (χ0n) is 15.9. The van der Waals surface area contributed by atoms with Crippen LogP contribution in [0.2, 0.25) is 0 Å². The lowest BCUT2D eigenvalue weighted by Crippen LogP contribution is -2.30. The number of hydrogen-bond donors (Lipinski definition) is 2. The van der Waals surface area contributed by atoms with E-state index in [2.05, 4.69) is 10.3 Å². The Balaban J connectivity index is 2.05. The van der Waals surface area contributed by atoms with Crippen molar-refractivity contribution >= 4 is 29.1 Å². The molecule has 0 saturated carbocycles. The summed E-state index contributed by atoms with van der Waals surface area (Å²) in [5.41, 5.74) is 2.70. The number of ketones is 2. The number of aromatic nitrogens is 1. The molecule has 0 aliphatic rings. The molecule has 1 amide bonds. The van der Waals surface area contributed by atoms with Gasteiger partial charge in [-0.05, 0) is 64.4 Å². The maximum atomic E-state index is 12.4. The number of hydrogen-bond acceptors (Lipinski definition) is 5. The molecule has 0 fully saturated rings. The van der Waals surface area contributed by atoms with Gasteiger partial charge in [0.15, 0.2) is 17.7 Å². The lowest BCUT2D eigenvalue weighted by atomic mass is 10.1. The highest BCUT2D eigenvalue weighted by Gasteiger charge is 2.24. The van der Waals surface area contributed by atoms with Crippen molar-refractivity contribution < 1.29 is 23.9 Å². The van der Waals surface area contributed by atoms with Gasteiger partial charge in [0, 0.05) is 22.5 Å². The van der Waals surface area contributed by atoms with Gasteiger partial charge in [-0.25, -0.2) is 4.79 Å². The molecule has 2 aromatic rings. The Morgan fingerprint density at radius 3 is 2.07 bits per heavy atom. The first-order valence-electron chi connectivity index (χ1n) is 8.44. The van der Waals surface area contributed by atoms with Crippen molar-refractivity contribution in [2.45, 2.75) is 40.7 Å². The fourth-order valence-electron chi connectivity index (χ4n) is 2.79. The summed E-state index contributed by atoms with van der Waals surface area (Å²) in [6, 6.07) is 6.40. The second-order valence-corrected chi connectivity index (χ2v) is 6.35. The number of carbonyl (C=O) groups is 4. The molecule has 1 heterocycles. The number of rotatable bonds is 6. The summed E-state index contributed by atoms with van der Waals surface area (Å²) in [7, 11) is 0. The summed E-state index contributed by atoms with van der Waals surface area (Å²) in [6.07, 6.45) is -1.05. The van der Waals surface area contributed by atoms with Crippen LogP contribution in [0.5, 0.6) is 0 Å². The Morgan fingerprint density at radius 1 is 1.00 bits per heavy atom. The Labute approximate surface area is 157 Å². The third-order valence-electron chi connectivity index (χ3n) is 4.21. The van der Waals surface area contributed by atoms with Crippen molar-refractivity contribution in [3.05, 3.63) is 52.3 Å². The molecule has 0 aliphatic heterocycles. The van der Waals surface area contributed by atoms with Crippen LogP contribution in [-0.2, 0) is 9.53 Å². The predicted octanol–water partition coefficient (Wildman–Crippen LogP) is 3.22. The highest BCUT2D eigenvalue weighted by molar-refractivity contribution is 6.02. The third kappa shape index (κ3) is 4.49. The van der Waals surface area contributed by atoms with Gasteiger partial charge in [0.25, 0.3) is 5.91 Å². The molecule has 0 radical (unpaired) electrons. The number of esters is 1. The molecule has 0 bridgehead atoms. The summed E-state index contributed by atoms with van der Waals surface area (Å²) in [5.74, 6) is -1.44. The van der Waals surface area contributed by atoms with Crippen molar-refractivity contribution in [1.82, 2.24) is 4.98 Å². The number of aromatic amines is 1. The lowest BCUT2D eigenvalue weighted by molar-refractivity contribution is -0.123. The summed E-state index contributed by atoms with van der Waals surface area (Å²) in [4.78, 5) is 50.4. The normalized spacial score (nSPS) is 11.6. The van der Waals surface area contributed by atoms with Gasteiger partial charge in [-0.3, -0.25) is 14.4 Å². The van der Waals surface area contributed by atoms with E-state index in [0.29, 0.717) is 28.1 Å². The van der Waals surface area contributed by atoms with E-state index in [0.717, 1.165) is 0 Å². The van der Waals surface area contributed by atoms with Crippen LogP contribution in [0, 0.1) is 13.8 Å². The van der Waals surface area contributed by atoms with Gasteiger partial charge in [0.2, 0.25) is 0 Å². The second-order valence-electron chi connectivity index (χ2n) is 6.35. The predicted molar refractivity (Wildman–Crippen MR) is 100 cm³/mol. The molecular formula is C20H22N2O5. The molecule has 2 rings (SSSR count). The van der Waals surface area contributed by atoms with Crippen LogP contribution in [0.1, 0.15) is 63.2 Å². The van der Waals surface area contributed by atoms with E-state index in [-0.39, 0.29) is 17.3 Å². The van der Waals surface area contributed by atoms with Gasteiger partial charge in [-0.15, -0.1) is 0 Å². The SMILES string of the molecule is CC(=O)c1ccc(NC(=O)[C@@H](C)OC(=O)c2[nH]c(C)c(C(C)=O)c2C)cc1. The first-order chi connectivity index (χ1) is 12.6. The number of nitrogens with one attached hydrogen (secondary N) is 2. The van der Waals surface area contributed by atoms with E-state index in [4.69, 9.17) is 4.74 Å². The molecule has 0 saturated heterocycles. The van der Waals surface area contributed by atoms with E-state index < -0.39 is 18.0 Å². The van der Waals surface area contributed by atoms with Crippen molar-refractivity contribution in [2.75, 3.05) is 5.32 Å². The average Bonchev–Trinajstić information content (AvgIpc) is 2.89.